The van der Waals surface area contributed by atoms with Crippen LogP contribution >= 0.6 is 0 Å². The topological polar surface area (TPSA) is 96.0 Å². The zero-order valence-corrected chi connectivity index (χ0v) is 18.0. The molecule has 0 saturated carbocycles. The van der Waals surface area contributed by atoms with E-state index in [-0.39, 0.29) is 29.0 Å². The Morgan fingerprint density at radius 2 is 2.00 bits per heavy atom. The summed E-state index contributed by atoms with van der Waals surface area (Å²) in [6, 6.07) is 5.57. The molecule has 1 aliphatic heterocycles. The highest BCUT2D eigenvalue weighted by Crippen LogP contribution is 2.19. The lowest BCUT2D eigenvalue weighted by Crippen LogP contribution is -2.56. The van der Waals surface area contributed by atoms with Crippen molar-refractivity contribution in [3.63, 3.8) is 0 Å². The molecule has 1 fully saturated rings. The lowest BCUT2D eigenvalue weighted by molar-refractivity contribution is 0.00198. The number of ether oxygens (including phenoxy) is 1. The maximum Gasteiger partial charge on any atom is 0.410 e. The first-order chi connectivity index (χ1) is 13.4. The molecule has 2 amide bonds. The fraction of sp³-hybridized carbons (Fsp3) is 0.500. The predicted octanol–water partition coefficient (Wildman–Crippen LogP) is 1.68. The largest absolute Gasteiger partial charge is 0.444 e. The van der Waals surface area contributed by atoms with E-state index in [0.29, 0.717) is 19.6 Å². The summed E-state index contributed by atoms with van der Waals surface area (Å²) in [6.45, 7) is 8.10. The van der Waals surface area contributed by atoms with Crippen LogP contribution in [0.2, 0.25) is 0 Å². The molecular formula is C20H27N3O5S. The van der Waals surface area contributed by atoms with Gasteiger partial charge in [0.1, 0.15) is 5.60 Å². The number of terminal acetylenes is 1. The maximum atomic E-state index is 12.9. The number of hydrogen-bond acceptors (Lipinski definition) is 5. The van der Waals surface area contributed by atoms with E-state index in [0.717, 1.165) is 0 Å². The van der Waals surface area contributed by atoms with E-state index in [9.17, 15) is 18.0 Å². The molecule has 0 spiro atoms. The second-order valence-electron chi connectivity index (χ2n) is 7.83. The molecule has 0 bridgehead atoms. The summed E-state index contributed by atoms with van der Waals surface area (Å²) in [5.74, 6) is 1.91. The molecule has 2 rings (SSSR count). The zero-order valence-electron chi connectivity index (χ0n) is 17.1. The van der Waals surface area contributed by atoms with Crippen molar-refractivity contribution in [2.75, 3.05) is 26.2 Å². The second kappa shape index (κ2) is 8.84. The normalized spacial score (nSPS) is 17.6. The summed E-state index contributed by atoms with van der Waals surface area (Å²) >= 11 is 0. The Labute approximate surface area is 172 Å². The highest BCUT2D eigenvalue weighted by molar-refractivity contribution is 7.89. The molecule has 9 heteroatoms. The van der Waals surface area contributed by atoms with Gasteiger partial charge in [0.15, 0.2) is 0 Å². The first kappa shape index (κ1) is 22.7. The van der Waals surface area contributed by atoms with Crippen LogP contribution in [0.25, 0.3) is 0 Å². The minimum Gasteiger partial charge on any atom is -0.444 e. The van der Waals surface area contributed by atoms with Gasteiger partial charge in [-0.15, -0.1) is 6.42 Å². The molecule has 1 atom stereocenters. The molecule has 158 valence electrons. The summed E-state index contributed by atoms with van der Waals surface area (Å²) in [5, 5.41) is 0. The van der Waals surface area contributed by atoms with Crippen LogP contribution in [-0.2, 0) is 14.8 Å². The number of sulfonamides is 1. The molecule has 1 heterocycles. The number of rotatable bonds is 4. The Morgan fingerprint density at radius 3 is 2.59 bits per heavy atom. The number of hydrogen-bond donors (Lipinski definition) is 1. The number of piperazine rings is 1. The Morgan fingerprint density at radius 1 is 1.31 bits per heavy atom. The minimum absolute atomic E-state index is 0.0287. The van der Waals surface area contributed by atoms with Crippen molar-refractivity contribution in [2.45, 2.75) is 44.2 Å². The monoisotopic (exact) mass is 421 g/mol. The van der Waals surface area contributed by atoms with Crippen molar-refractivity contribution in [3.8, 4) is 12.3 Å². The van der Waals surface area contributed by atoms with Crippen LogP contribution in [0.3, 0.4) is 0 Å². The number of nitrogens with zero attached hydrogens (tertiary/aromatic N) is 2. The van der Waals surface area contributed by atoms with Crippen LogP contribution in [0.15, 0.2) is 29.2 Å². The Bertz CT molecular complexity index is 915. The smallest absolute Gasteiger partial charge is 0.410 e. The molecule has 29 heavy (non-hydrogen) atoms. The molecule has 8 nitrogen and oxygen atoms in total. The van der Waals surface area contributed by atoms with Crippen molar-refractivity contribution < 1.29 is 22.7 Å². The van der Waals surface area contributed by atoms with Gasteiger partial charge in [0.2, 0.25) is 10.0 Å². The molecule has 1 aromatic carbocycles. The van der Waals surface area contributed by atoms with Crippen molar-refractivity contribution >= 4 is 22.0 Å². The molecule has 1 aromatic rings. The van der Waals surface area contributed by atoms with Crippen molar-refractivity contribution in [1.29, 1.82) is 0 Å². The van der Waals surface area contributed by atoms with Gasteiger partial charge in [0.25, 0.3) is 5.91 Å². The SMILES string of the molecule is C#CCNS(=O)(=O)c1cccc(C(=O)N2CCN(C(=O)OC(C)(C)C)[C@H](C)C2)c1. The Kier molecular flexibility index (Phi) is 6.93. The molecule has 0 aromatic heterocycles. The van der Waals surface area contributed by atoms with Crippen LogP contribution in [-0.4, -0.2) is 68.0 Å². The summed E-state index contributed by atoms with van der Waals surface area (Å²) in [7, 11) is -3.79. The quantitative estimate of drug-likeness (QED) is 0.747. The van der Waals surface area contributed by atoms with E-state index in [1.807, 2.05) is 6.92 Å². The van der Waals surface area contributed by atoms with Crippen LogP contribution in [0.5, 0.6) is 0 Å². The van der Waals surface area contributed by atoms with E-state index in [4.69, 9.17) is 11.2 Å². The van der Waals surface area contributed by atoms with Gasteiger partial charge >= 0.3 is 6.09 Å². The third kappa shape index (κ3) is 5.95. The van der Waals surface area contributed by atoms with E-state index in [2.05, 4.69) is 10.6 Å². The van der Waals surface area contributed by atoms with Crippen molar-refractivity contribution in [3.05, 3.63) is 29.8 Å². The summed E-state index contributed by atoms with van der Waals surface area (Å²) in [5.41, 5.74) is -0.338. The number of carbonyl (C=O) groups is 2. The minimum atomic E-state index is -3.79. The number of benzene rings is 1. The van der Waals surface area contributed by atoms with Gasteiger partial charge in [-0.1, -0.05) is 12.0 Å². The van der Waals surface area contributed by atoms with E-state index in [1.54, 1.807) is 36.6 Å². The molecule has 1 aliphatic rings. The third-order valence-corrected chi connectivity index (χ3v) is 5.70. The fourth-order valence-corrected chi connectivity index (χ4v) is 3.91. The van der Waals surface area contributed by atoms with Gasteiger partial charge in [0, 0.05) is 31.2 Å². The van der Waals surface area contributed by atoms with Crippen LogP contribution in [0.4, 0.5) is 4.79 Å². The van der Waals surface area contributed by atoms with Gasteiger partial charge in [-0.3, -0.25) is 4.79 Å². The zero-order chi connectivity index (χ0) is 21.8. The number of nitrogens with one attached hydrogen (secondary N) is 1. The second-order valence-corrected chi connectivity index (χ2v) is 9.60. The van der Waals surface area contributed by atoms with Crippen molar-refractivity contribution in [1.82, 2.24) is 14.5 Å². The Hall–Kier alpha value is -2.57. The number of amides is 2. The fourth-order valence-electron chi connectivity index (χ4n) is 2.93. The van der Waals surface area contributed by atoms with Crippen LogP contribution in [0, 0.1) is 12.3 Å². The summed E-state index contributed by atoms with van der Waals surface area (Å²) in [4.78, 5) is 28.4. The highest BCUT2D eigenvalue weighted by Gasteiger charge is 2.33. The first-order valence-electron chi connectivity index (χ1n) is 9.26. The average Bonchev–Trinajstić information content (AvgIpc) is 2.64. The summed E-state index contributed by atoms with van der Waals surface area (Å²) in [6.07, 6.45) is 4.68. The standard InChI is InChI=1S/C20H27N3O5S/c1-6-10-21-29(26,27)17-9-7-8-16(13-17)18(24)22-11-12-23(15(2)14-22)19(25)28-20(3,4)5/h1,7-9,13,15,21H,10-12,14H2,2-5H3/t15-/m1/s1. The lowest BCUT2D eigenvalue weighted by atomic mass is 10.1. The number of carbonyl (C=O) groups excluding carboxylic acids is 2. The van der Waals surface area contributed by atoms with Gasteiger partial charge < -0.3 is 14.5 Å². The Balaban J connectivity index is 2.10. The highest BCUT2D eigenvalue weighted by atomic mass is 32.2. The molecule has 0 radical (unpaired) electrons. The van der Waals surface area contributed by atoms with Crippen LogP contribution < -0.4 is 4.72 Å². The van der Waals surface area contributed by atoms with E-state index in [1.165, 1.54) is 18.2 Å². The van der Waals surface area contributed by atoms with Crippen molar-refractivity contribution in [2.24, 2.45) is 0 Å². The van der Waals surface area contributed by atoms with Gasteiger partial charge in [-0.25, -0.2) is 13.2 Å². The molecule has 1 saturated heterocycles. The third-order valence-electron chi connectivity index (χ3n) is 4.30. The van der Waals surface area contributed by atoms with Gasteiger partial charge in [0.05, 0.1) is 11.4 Å². The molecule has 0 aliphatic carbocycles. The van der Waals surface area contributed by atoms with E-state index >= 15 is 0 Å². The molecule has 0 unspecified atom stereocenters. The van der Waals surface area contributed by atoms with Crippen LogP contribution in [0.1, 0.15) is 38.1 Å². The average molecular weight is 422 g/mol. The lowest BCUT2D eigenvalue weighted by Gasteiger charge is -2.40. The summed E-state index contributed by atoms with van der Waals surface area (Å²) < 4.78 is 32.2. The van der Waals surface area contributed by atoms with E-state index < -0.39 is 21.7 Å². The molecular weight excluding hydrogens is 394 g/mol. The predicted molar refractivity (Wildman–Crippen MR) is 109 cm³/mol. The maximum absolute atomic E-state index is 12.9. The van der Waals surface area contributed by atoms with Gasteiger partial charge in [-0.2, -0.15) is 4.72 Å². The first-order valence-corrected chi connectivity index (χ1v) is 10.7. The molecule has 1 N–H and O–H groups in total. The van der Waals surface area contributed by atoms with Gasteiger partial charge in [-0.05, 0) is 45.9 Å².